The summed E-state index contributed by atoms with van der Waals surface area (Å²) in [6.45, 7) is 3.42. The standard InChI is InChI=1S/C16H18N2O3S/c1-10-7-15(19)21-14-8-11(4-5-13(10)14)18-16(22)17-9-12-3-2-6-20-12/h4-5,7-8,12H,2-3,6,9H2,1H3,(H2,17,18,22)/t12-/m0/s1. The minimum Gasteiger partial charge on any atom is -0.423 e. The molecule has 2 N–H and O–H groups in total. The summed E-state index contributed by atoms with van der Waals surface area (Å²) in [5.41, 5.74) is 1.89. The van der Waals surface area contributed by atoms with Crippen molar-refractivity contribution in [1.82, 2.24) is 5.32 Å². The molecule has 1 aliphatic rings. The van der Waals surface area contributed by atoms with E-state index in [2.05, 4.69) is 10.6 Å². The van der Waals surface area contributed by atoms with Crippen molar-refractivity contribution in [2.45, 2.75) is 25.9 Å². The van der Waals surface area contributed by atoms with Crippen LogP contribution in [0.25, 0.3) is 11.0 Å². The van der Waals surface area contributed by atoms with Gasteiger partial charge in [0.05, 0.1) is 6.10 Å². The van der Waals surface area contributed by atoms with Gasteiger partial charge in [0.15, 0.2) is 5.11 Å². The molecule has 0 bridgehead atoms. The summed E-state index contributed by atoms with van der Waals surface area (Å²) in [6.07, 6.45) is 2.41. The van der Waals surface area contributed by atoms with Crippen LogP contribution in [0.5, 0.6) is 0 Å². The number of fused-ring (bicyclic) bond motifs is 1. The molecule has 5 nitrogen and oxygen atoms in total. The van der Waals surface area contributed by atoms with Gasteiger partial charge in [0, 0.05) is 36.4 Å². The summed E-state index contributed by atoms with van der Waals surface area (Å²) in [6, 6.07) is 7.10. The van der Waals surface area contributed by atoms with Crippen molar-refractivity contribution in [3.8, 4) is 0 Å². The van der Waals surface area contributed by atoms with Gasteiger partial charge in [0.2, 0.25) is 0 Å². The number of nitrogens with one attached hydrogen (secondary N) is 2. The van der Waals surface area contributed by atoms with Crippen LogP contribution in [0, 0.1) is 6.92 Å². The summed E-state index contributed by atoms with van der Waals surface area (Å²) in [5.74, 6) is 0. The van der Waals surface area contributed by atoms with Crippen molar-refractivity contribution in [2.24, 2.45) is 0 Å². The van der Waals surface area contributed by atoms with E-state index in [0.717, 1.165) is 36.1 Å². The van der Waals surface area contributed by atoms with Crippen LogP contribution in [0.15, 0.2) is 33.5 Å². The van der Waals surface area contributed by atoms with Gasteiger partial charge >= 0.3 is 5.63 Å². The lowest BCUT2D eigenvalue weighted by Gasteiger charge is -2.14. The van der Waals surface area contributed by atoms with E-state index >= 15 is 0 Å². The van der Waals surface area contributed by atoms with Gasteiger partial charge in [-0.25, -0.2) is 4.79 Å². The molecule has 1 aromatic heterocycles. The lowest BCUT2D eigenvalue weighted by atomic mass is 10.1. The average molecular weight is 318 g/mol. The number of anilines is 1. The highest BCUT2D eigenvalue weighted by Gasteiger charge is 2.15. The number of benzene rings is 1. The molecule has 22 heavy (non-hydrogen) atoms. The average Bonchev–Trinajstić information content (AvgIpc) is 2.98. The van der Waals surface area contributed by atoms with Crippen LogP contribution in [0.1, 0.15) is 18.4 Å². The van der Waals surface area contributed by atoms with Crippen LogP contribution in [0.4, 0.5) is 5.69 Å². The van der Waals surface area contributed by atoms with Gasteiger partial charge in [-0.1, -0.05) is 0 Å². The molecule has 1 fully saturated rings. The Bertz CT molecular complexity index is 751. The van der Waals surface area contributed by atoms with Gasteiger partial charge in [0.1, 0.15) is 5.58 Å². The molecule has 1 aromatic carbocycles. The summed E-state index contributed by atoms with van der Waals surface area (Å²) < 4.78 is 10.8. The number of hydrogen-bond acceptors (Lipinski definition) is 4. The fourth-order valence-electron chi connectivity index (χ4n) is 2.59. The molecule has 2 heterocycles. The maximum absolute atomic E-state index is 11.4. The van der Waals surface area contributed by atoms with Crippen LogP contribution in [0.3, 0.4) is 0 Å². The Morgan fingerprint density at radius 3 is 3.05 bits per heavy atom. The molecule has 6 heteroatoms. The van der Waals surface area contributed by atoms with E-state index in [1.165, 1.54) is 6.07 Å². The van der Waals surface area contributed by atoms with E-state index in [1.54, 1.807) is 6.07 Å². The predicted molar refractivity (Wildman–Crippen MR) is 90.4 cm³/mol. The molecule has 1 aliphatic heterocycles. The van der Waals surface area contributed by atoms with E-state index in [0.29, 0.717) is 17.2 Å². The largest absolute Gasteiger partial charge is 0.423 e. The molecule has 1 saturated heterocycles. The number of ether oxygens (including phenoxy) is 1. The monoisotopic (exact) mass is 318 g/mol. The second kappa shape index (κ2) is 6.46. The second-order valence-corrected chi connectivity index (χ2v) is 5.84. The maximum Gasteiger partial charge on any atom is 0.336 e. The van der Waals surface area contributed by atoms with Gasteiger partial charge in [0.25, 0.3) is 0 Å². The Morgan fingerprint density at radius 2 is 2.27 bits per heavy atom. The highest BCUT2D eigenvalue weighted by molar-refractivity contribution is 7.80. The molecule has 116 valence electrons. The number of thiocarbonyl (C=S) groups is 1. The molecule has 0 aliphatic carbocycles. The van der Waals surface area contributed by atoms with Gasteiger partial charge < -0.3 is 19.8 Å². The van der Waals surface area contributed by atoms with E-state index in [1.807, 2.05) is 19.1 Å². The SMILES string of the molecule is Cc1cc(=O)oc2cc(NC(=S)NC[C@@H]3CCCO3)ccc12. The normalized spacial score (nSPS) is 17.6. The molecule has 0 unspecified atom stereocenters. The smallest absolute Gasteiger partial charge is 0.336 e. The quantitative estimate of drug-likeness (QED) is 0.670. The topological polar surface area (TPSA) is 63.5 Å². The van der Waals surface area contributed by atoms with Crippen LogP contribution < -0.4 is 16.3 Å². The van der Waals surface area contributed by atoms with E-state index < -0.39 is 0 Å². The van der Waals surface area contributed by atoms with E-state index in [-0.39, 0.29) is 11.7 Å². The van der Waals surface area contributed by atoms with Crippen molar-refractivity contribution in [2.75, 3.05) is 18.5 Å². The summed E-state index contributed by atoms with van der Waals surface area (Å²) in [7, 11) is 0. The van der Waals surface area contributed by atoms with Crippen molar-refractivity contribution in [1.29, 1.82) is 0 Å². The van der Waals surface area contributed by atoms with E-state index in [9.17, 15) is 4.79 Å². The lowest BCUT2D eigenvalue weighted by Crippen LogP contribution is -2.34. The zero-order valence-electron chi connectivity index (χ0n) is 12.3. The van der Waals surface area contributed by atoms with Gasteiger partial charge in [-0.05, 0) is 49.7 Å². The lowest BCUT2D eigenvalue weighted by molar-refractivity contribution is 0.114. The maximum atomic E-state index is 11.4. The molecular weight excluding hydrogens is 300 g/mol. The number of hydrogen-bond donors (Lipinski definition) is 2. The van der Waals surface area contributed by atoms with Crippen molar-refractivity contribution in [3.05, 3.63) is 40.2 Å². The van der Waals surface area contributed by atoms with Crippen LogP contribution in [0.2, 0.25) is 0 Å². The first-order valence-electron chi connectivity index (χ1n) is 7.33. The minimum atomic E-state index is -0.346. The third-order valence-corrected chi connectivity index (χ3v) is 3.97. The molecule has 3 rings (SSSR count). The predicted octanol–water partition coefficient (Wildman–Crippen LogP) is 2.57. The van der Waals surface area contributed by atoms with Gasteiger partial charge in [-0.3, -0.25) is 0 Å². The molecule has 1 atom stereocenters. The van der Waals surface area contributed by atoms with Crippen molar-refractivity contribution < 1.29 is 9.15 Å². The highest BCUT2D eigenvalue weighted by Crippen LogP contribution is 2.20. The zero-order valence-corrected chi connectivity index (χ0v) is 13.2. The molecule has 0 spiro atoms. The second-order valence-electron chi connectivity index (χ2n) is 5.43. The zero-order chi connectivity index (χ0) is 15.5. The van der Waals surface area contributed by atoms with Crippen molar-refractivity contribution in [3.63, 3.8) is 0 Å². The van der Waals surface area contributed by atoms with E-state index in [4.69, 9.17) is 21.4 Å². The third kappa shape index (κ3) is 3.45. The first kappa shape index (κ1) is 15.0. The number of rotatable bonds is 3. The fourth-order valence-corrected chi connectivity index (χ4v) is 2.79. The Hall–Kier alpha value is -1.92. The summed E-state index contributed by atoms with van der Waals surface area (Å²) >= 11 is 5.27. The summed E-state index contributed by atoms with van der Waals surface area (Å²) in [5, 5.41) is 7.70. The summed E-state index contributed by atoms with van der Waals surface area (Å²) in [4.78, 5) is 11.4. The molecule has 0 saturated carbocycles. The third-order valence-electron chi connectivity index (χ3n) is 3.72. The Morgan fingerprint density at radius 1 is 1.41 bits per heavy atom. The minimum absolute atomic E-state index is 0.233. The molecule has 0 radical (unpaired) electrons. The van der Waals surface area contributed by atoms with Gasteiger partial charge in [-0.2, -0.15) is 0 Å². The van der Waals surface area contributed by atoms with Crippen molar-refractivity contribution >= 4 is 34.0 Å². The highest BCUT2D eigenvalue weighted by atomic mass is 32.1. The molecule has 2 aromatic rings. The fraction of sp³-hybridized carbons (Fsp3) is 0.375. The Labute approximate surface area is 133 Å². The Balaban J connectivity index is 1.68. The van der Waals surface area contributed by atoms with Gasteiger partial charge in [-0.15, -0.1) is 0 Å². The first-order valence-corrected chi connectivity index (χ1v) is 7.73. The molecule has 0 amide bonds. The number of aryl methyl sites for hydroxylation is 1. The Kier molecular flexibility index (Phi) is 4.40. The van der Waals surface area contributed by atoms with Crippen LogP contribution in [-0.4, -0.2) is 24.4 Å². The molecular formula is C16H18N2O3S. The van der Waals surface area contributed by atoms with Crippen LogP contribution >= 0.6 is 12.2 Å². The first-order chi connectivity index (χ1) is 10.6. The van der Waals surface area contributed by atoms with Crippen LogP contribution in [-0.2, 0) is 4.74 Å².